The molecule has 1 unspecified atom stereocenters. The zero-order valence-electron chi connectivity index (χ0n) is 8.19. The van der Waals surface area contributed by atoms with Crippen LogP contribution in [-0.4, -0.2) is 42.8 Å². The van der Waals surface area contributed by atoms with Gasteiger partial charge in [-0.3, -0.25) is 4.90 Å². The Labute approximate surface area is 81.5 Å². The van der Waals surface area contributed by atoms with Crippen LogP contribution < -0.4 is 5.32 Å². The van der Waals surface area contributed by atoms with Gasteiger partial charge in [0.2, 0.25) is 0 Å². The zero-order chi connectivity index (χ0) is 10.4. The van der Waals surface area contributed by atoms with Crippen molar-refractivity contribution in [3.05, 3.63) is 0 Å². The lowest BCUT2D eigenvalue weighted by atomic mass is 10.2. The molecule has 1 heterocycles. The Morgan fingerprint density at radius 2 is 2.00 bits per heavy atom. The highest BCUT2D eigenvalue weighted by molar-refractivity contribution is 5.11. The van der Waals surface area contributed by atoms with Gasteiger partial charge >= 0.3 is 6.18 Å². The lowest BCUT2D eigenvalue weighted by Crippen LogP contribution is -2.48. The molecule has 82 valence electrons. The minimum atomic E-state index is -4.05. The Bertz CT molecular complexity index is 223. The third-order valence-corrected chi connectivity index (χ3v) is 3.45. The van der Waals surface area contributed by atoms with Crippen LogP contribution in [0.5, 0.6) is 0 Å². The molecule has 14 heavy (non-hydrogen) atoms. The van der Waals surface area contributed by atoms with E-state index in [0.29, 0.717) is 13.1 Å². The van der Waals surface area contributed by atoms with E-state index in [9.17, 15) is 13.2 Å². The van der Waals surface area contributed by atoms with Crippen LogP contribution in [-0.2, 0) is 0 Å². The average Bonchev–Trinajstić information content (AvgIpc) is 2.79. The summed E-state index contributed by atoms with van der Waals surface area (Å²) in [7, 11) is 1.81. The molecule has 0 spiro atoms. The highest BCUT2D eigenvalue weighted by atomic mass is 19.4. The first kappa shape index (κ1) is 10.2. The predicted molar refractivity (Wildman–Crippen MR) is 47.1 cm³/mol. The molecule has 0 radical (unpaired) electrons. The summed E-state index contributed by atoms with van der Waals surface area (Å²) >= 11 is 0. The van der Waals surface area contributed by atoms with Crippen molar-refractivity contribution in [1.29, 1.82) is 0 Å². The maximum atomic E-state index is 12.7. The van der Waals surface area contributed by atoms with Crippen LogP contribution in [0.3, 0.4) is 0 Å². The van der Waals surface area contributed by atoms with Crippen LogP contribution in [0.25, 0.3) is 0 Å². The number of likely N-dealkylation sites (tertiary alicyclic amines) is 1. The summed E-state index contributed by atoms with van der Waals surface area (Å²) < 4.78 is 38.2. The maximum absolute atomic E-state index is 12.7. The first-order valence-electron chi connectivity index (χ1n) is 4.99. The minimum Gasteiger partial charge on any atom is -0.316 e. The van der Waals surface area contributed by atoms with E-state index < -0.39 is 11.7 Å². The molecule has 0 aromatic heterocycles. The summed E-state index contributed by atoms with van der Waals surface area (Å²) in [6.07, 6.45) is -2.65. The first-order valence-corrected chi connectivity index (χ1v) is 4.99. The molecule has 1 atom stereocenters. The van der Waals surface area contributed by atoms with Gasteiger partial charge in [-0.15, -0.1) is 0 Å². The second-order valence-corrected chi connectivity index (χ2v) is 4.25. The Kier molecular flexibility index (Phi) is 2.27. The molecule has 1 saturated heterocycles. The fourth-order valence-corrected chi connectivity index (χ4v) is 2.28. The van der Waals surface area contributed by atoms with E-state index in [4.69, 9.17) is 0 Å². The van der Waals surface area contributed by atoms with Crippen LogP contribution in [0.4, 0.5) is 13.2 Å². The summed E-state index contributed by atoms with van der Waals surface area (Å²) in [4.78, 5) is 1.61. The molecule has 1 aliphatic carbocycles. The number of rotatable bonds is 2. The van der Waals surface area contributed by atoms with Gasteiger partial charge in [-0.1, -0.05) is 0 Å². The number of hydrogen-bond donors (Lipinski definition) is 1. The molecular weight excluding hydrogens is 193 g/mol. The van der Waals surface area contributed by atoms with Gasteiger partial charge < -0.3 is 5.32 Å². The first-order chi connectivity index (χ1) is 6.49. The molecule has 0 aromatic carbocycles. The van der Waals surface area contributed by atoms with Gasteiger partial charge in [-0.2, -0.15) is 13.2 Å². The average molecular weight is 208 g/mol. The zero-order valence-corrected chi connectivity index (χ0v) is 8.19. The minimum absolute atomic E-state index is 0.231. The number of nitrogens with zero attached hydrogens (tertiary/aromatic N) is 1. The van der Waals surface area contributed by atoms with E-state index in [1.54, 1.807) is 11.9 Å². The van der Waals surface area contributed by atoms with E-state index in [2.05, 4.69) is 5.32 Å². The number of halogens is 3. The molecular formula is C9H15F3N2. The van der Waals surface area contributed by atoms with Crippen molar-refractivity contribution in [2.45, 2.75) is 37.0 Å². The van der Waals surface area contributed by atoms with Crippen LogP contribution >= 0.6 is 0 Å². The molecule has 2 aliphatic rings. The van der Waals surface area contributed by atoms with Crippen molar-refractivity contribution in [3.8, 4) is 0 Å². The van der Waals surface area contributed by atoms with Gasteiger partial charge in [-0.25, -0.2) is 0 Å². The van der Waals surface area contributed by atoms with E-state index in [1.807, 2.05) is 0 Å². The fourth-order valence-electron chi connectivity index (χ4n) is 2.28. The van der Waals surface area contributed by atoms with E-state index >= 15 is 0 Å². The third-order valence-electron chi connectivity index (χ3n) is 3.45. The largest absolute Gasteiger partial charge is 0.406 e. The molecule has 1 aliphatic heterocycles. The molecule has 0 aromatic rings. The van der Waals surface area contributed by atoms with Crippen molar-refractivity contribution in [2.24, 2.45) is 0 Å². The monoisotopic (exact) mass is 208 g/mol. The molecule has 0 bridgehead atoms. The van der Waals surface area contributed by atoms with Gasteiger partial charge in [0.25, 0.3) is 0 Å². The number of hydrogen-bond acceptors (Lipinski definition) is 2. The third kappa shape index (κ3) is 1.42. The van der Waals surface area contributed by atoms with Gasteiger partial charge in [0.1, 0.15) is 5.54 Å². The predicted octanol–water partition coefficient (Wildman–Crippen LogP) is 1.38. The number of alkyl halides is 3. The molecule has 2 fully saturated rings. The van der Waals surface area contributed by atoms with E-state index in [1.165, 1.54) is 0 Å². The van der Waals surface area contributed by atoms with E-state index in [0.717, 1.165) is 6.42 Å². The number of likely N-dealkylation sites (N-methyl/N-ethyl adjacent to an activating group) is 1. The second-order valence-electron chi connectivity index (χ2n) is 4.25. The smallest absolute Gasteiger partial charge is 0.316 e. The molecule has 2 rings (SSSR count). The van der Waals surface area contributed by atoms with Crippen molar-refractivity contribution in [1.82, 2.24) is 10.2 Å². The molecule has 1 saturated carbocycles. The Balaban J connectivity index is 2.03. The topological polar surface area (TPSA) is 15.3 Å². The lowest BCUT2D eigenvalue weighted by Gasteiger charge is -2.29. The van der Waals surface area contributed by atoms with Crippen molar-refractivity contribution in [2.75, 3.05) is 20.1 Å². The Morgan fingerprint density at radius 1 is 1.36 bits per heavy atom. The van der Waals surface area contributed by atoms with Gasteiger partial charge in [0.05, 0.1) is 0 Å². The fraction of sp³-hybridized carbons (Fsp3) is 1.00. The standard InChI is InChI=1S/C9H15F3N2/c1-13-7-2-5-14(6-7)8(3-4-8)9(10,11)12/h7,13H,2-6H2,1H3. The van der Waals surface area contributed by atoms with Crippen molar-refractivity contribution in [3.63, 3.8) is 0 Å². The Morgan fingerprint density at radius 3 is 2.36 bits per heavy atom. The van der Waals surface area contributed by atoms with Crippen molar-refractivity contribution < 1.29 is 13.2 Å². The van der Waals surface area contributed by atoms with Crippen LogP contribution in [0.2, 0.25) is 0 Å². The van der Waals surface area contributed by atoms with E-state index in [-0.39, 0.29) is 18.9 Å². The number of nitrogens with one attached hydrogen (secondary N) is 1. The highest BCUT2D eigenvalue weighted by Crippen LogP contribution is 2.54. The summed E-state index contributed by atoms with van der Waals surface area (Å²) in [5, 5.41) is 3.04. The van der Waals surface area contributed by atoms with Crippen LogP contribution in [0, 0.1) is 0 Å². The van der Waals surface area contributed by atoms with Crippen molar-refractivity contribution >= 4 is 0 Å². The lowest BCUT2D eigenvalue weighted by molar-refractivity contribution is -0.193. The molecule has 5 heteroatoms. The van der Waals surface area contributed by atoms with Gasteiger partial charge in [0, 0.05) is 19.1 Å². The molecule has 0 amide bonds. The molecule has 2 nitrogen and oxygen atoms in total. The summed E-state index contributed by atoms with van der Waals surface area (Å²) in [5.74, 6) is 0. The second kappa shape index (κ2) is 3.10. The van der Waals surface area contributed by atoms with Gasteiger partial charge in [0.15, 0.2) is 0 Å². The van der Waals surface area contributed by atoms with Crippen LogP contribution in [0.15, 0.2) is 0 Å². The summed E-state index contributed by atoms with van der Waals surface area (Å²) in [6.45, 7) is 1.11. The quantitative estimate of drug-likeness (QED) is 0.737. The molecule has 1 N–H and O–H groups in total. The summed E-state index contributed by atoms with van der Waals surface area (Å²) in [5.41, 5.74) is -1.46. The Hall–Kier alpha value is -0.290. The van der Waals surface area contributed by atoms with Gasteiger partial charge in [-0.05, 0) is 26.3 Å². The highest BCUT2D eigenvalue weighted by Gasteiger charge is 2.67. The normalized spacial score (nSPS) is 32.1. The maximum Gasteiger partial charge on any atom is 0.406 e. The SMILES string of the molecule is CNC1CCN(C2(C(F)(F)F)CC2)C1. The summed E-state index contributed by atoms with van der Waals surface area (Å²) in [6, 6.07) is 0.231. The van der Waals surface area contributed by atoms with Crippen LogP contribution in [0.1, 0.15) is 19.3 Å².